The van der Waals surface area contributed by atoms with Gasteiger partial charge in [-0.3, -0.25) is 9.97 Å². The van der Waals surface area contributed by atoms with Crippen LogP contribution in [0, 0.1) is 6.92 Å². The van der Waals surface area contributed by atoms with Gasteiger partial charge >= 0.3 is 0 Å². The van der Waals surface area contributed by atoms with Crippen molar-refractivity contribution in [3.63, 3.8) is 0 Å². The Morgan fingerprint density at radius 1 is 0.968 bits per heavy atom. The van der Waals surface area contributed by atoms with Crippen molar-refractivity contribution in [3.05, 3.63) is 108 Å². The molecule has 1 saturated heterocycles. The molecule has 1 N–H and O–H groups in total. The third-order valence-corrected chi connectivity index (χ3v) is 5.88. The lowest BCUT2D eigenvalue weighted by molar-refractivity contribution is 0.302. The zero-order valence-corrected chi connectivity index (χ0v) is 17.9. The molecule has 1 aliphatic heterocycles. The average Bonchev–Trinajstić information content (AvgIpc) is 3.40. The largest absolute Gasteiger partial charge is 0.352 e. The van der Waals surface area contributed by atoms with E-state index in [-0.39, 0.29) is 12.1 Å². The van der Waals surface area contributed by atoms with Crippen molar-refractivity contribution in [2.24, 2.45) is 0 Å². The molecule has 7 heteroatoms. The summed E-state index contributed by atoms with van der Waals surface area (Å²) in [5.41, 5.74) is 4.34. The highest BCUT2D eigenvalue weighted by Crippen LogP contribution is 2.40. The van der Waals surface area contributed by atoms with E-state index in [0.29, 0.717) is 11.7 Å². The van der Waals surface area contributed by atoms with E-state index < -0.39 is 0 Å². The number of aromatic nitrogens is 4. The highest BCUT2D eigenvalue weighted by Gasteiger charge is 2.41. The number of hydrogen-bond donors (Lipinski definition) is 1. The summed E-state index contributed by atoms with van der Waals surface area (Å²) in [5, 5.41) is 4.22. The first-order valence-corrected chi connectivity index (χ1v) is 10.6. The van der Waals surface area contributed by atoms with Gasteiger partial charge in [-0.15, -0.1) is 0 Å². The molecular weight excluding hydrogens is 404 g/mol. The van der Waals surface area contributed by atoms with Gasteiger partial charge in [0.2, 0.25) is 0 Å². The lowest BCUT2D eigenvalue weighted by Crippen LogP contribution is -2.30. The fourth-order valence-electron chi connectivity index (χ4n) is 4.03. The second-order valence-corrected chi connectivity index (χ2v) is 7.99. The van der Waals surface area contributed by atoms with Gasteiger partial charge in [0.15, 0.2) is 5.11 Å². The Kier molecular flexibility index (Phi) is 5.18. The van der Waals surface area contributed by atoms with Gasteiger partial charge in [-0.05, 0) is 72.7 Å². The van der Waals surface area contributed by atoms with Crippen molar-refractivity contribution >= 4 is 17.3 Å². The molecule has 0 amide bonds. The van der Waals surface area contributed by atoms with Gasteiger partial charge in [0.1, 0.15) is 5.82 Å². The fourth-order valence-corrected chi connectivity index (χ4v) is 4.33. The maximum Gasteiger partial charge on any atom is 0.170 e. The number of aryl methyl sites for hydroxylation is 1. The monoisotopic (exact) mass is 426 g/mol. The van der Waals surface area contributed by atoms with Crippen LogP contribution in [0.15, 0.2) is 85.6 Å². The van der Waals surface area contributed by atoms with Crippen LogP contribution < -0.4 is 5.32 Å². The molecule has 0 bridgehead atoms. The smallest absolute Gasteiger partial charge is 0.170 e. The maximum absolute atomic E-state index is 5.79. The maximum atomic E-state index is 5.79. The molecule has 0 unspecified atom stereocenters. The number of rotatable bonds is 5. The minimum atomic E-state index is -0.0744. The predicted octanol–water partition coefficient (Wildman–Crippen LogP) is 4.14. The Morgan fingerprint density at radius 3 is 2.58 bits per heavy atom. The van der Waals surface area contributed by atoms with E-state index in [4.69, 9.17) is 12.2 Å². The zero-order valence-electron chi connectivity index (χ0n) is 17.1. The third-order valence-electron chi connectivity index (χ3n) is 5.53. The van der Waals surface area contributed by atoms with E-state index in [0.717, 1.165) is 28.3 Å². The standard InChI is InChI=1S/C24H22N6S/c1-17-7-8-21(27-15-17)29-14-4-6-20(29)23-22(19-5-2-3-11-26-19)28-24(31)30(23)16-18-9-12-25-13-10-18/h2-15,22-23H,16H2,1H3,(H,28,31)/t22-,23+/m1/s1. The van der Waals surface area contributed by atoms with Gasteiger partial charge in [0, 0.05) is 43.2 Å². The van der Waals surface area contributed by atoms with Gasteiger partial charge in [0.05, 0.1) is 17.8 Å². The summed E-state index contributed by atoms with van der Waals surface area (Å²) in [7, 11) is 0. The topological polar surface area (TPSA) is 58.9 Å². The first-order valence-electron chi connectivity index (χ1n) is 10.2. The molecule has 0 aromatic carbocycles. The molecule has 1 aliphatic rings. The van der Waals surface area contributed by atoms with Crippen molar-refractivity contribution in [1.82, 2.24) is 29.7 Å². The zero-order chi connectivity index (χ0) is 21.2. The van der Waals surface area contributed by atoms with Crippen LogP contribution in [0.1, 0.15) is 34.6 Å². The van der Waals surface area contributed by atoms with Gasteiger partial charge in [0.25, 0.3) is 0 Å². The fraction of sp³-hybridized carbons (Fsp3) is 0.167. The van der Waals surface area contributed by atoms with E-state index in [1.807, 2.05) is 68.1 Å². The van der Waals surface area contributed by atoms with Gasteiger partial charge < -0.3 is 14.8 Å². The molecule has 0 aliphatic carbocycles. The molecule has 0 saturated carbocycles. The predicted molar refractivity (Wildman–Crippen MR) is 124 cm³/mol. The highest BCUT2D eigenvalue weighted by atomic mass is 32.1. The first-order chi connectivity index (χ1) is 15.2. The molecule has 4 aromatic heterocycles. The number of pyridine rings is 3. The molecule has 5 rings (SSSR count). The summed E-state index contributed by atoms with van der Waals surface area (Å²) in [4.78, 5) is 15.6. The van der Waals surface area contributed by atoms with Crippen LogP contribution >= 0.6 is 12.2 Å². The second-order valence-electron chi connectivity index (χ2n) is 7.61. The molecule has 31 heavy (non-hydrogen) atoms. The van der Waals surface area contributed by atoms with Crippen molar-refractivity contribution in [2.75, 3.05) is 0 Å². The Bertz CT molecular complexity index is 1170. The van der Waals surface area contributed by atoms with Crippen LogP contribution in [0.2, 0.25) is 0 Å². The summed E-state index contributed by atoms with van der Waals surface area (Å²) in [6.45, 7) is 2.72. The van der Waals surface area contributed by atoms with E-state index in [9.17, 15) is 0 Å². The van der Waals surface area contributed by atoms with Crippen LogP contribution in [0.4, 0.5) is 0 Å². The van der Waals surface area contributed by atoms with Crippen molar-refractivity contribution in [3.8, 4) is 5.82 Å². The molecule has 1 fully saturated rings. The molecule has 6 nitrogen and oxygen atoms in total. The molecule has 2 atom stereocenters. The summed E-state index contributed by atoms with van der Waals surface area (Å²) in [5.74, 6) is 0.882. The number of nitrogens with zero attached hydrogens (tertiary/aromatic N) is 5. The van der Waals surface area contributed by atoms with Crippen LogP contribution in [0.3, 0.4) is 0 Å². The first kappa shape index (κ1) is 19.4. The summed E-state index contributed by atoms with van der Waals surface area (Å²) < 4.78 is 2.13. The number of nitrogens with one attached hydrogen (secondary N) is 1. The second kappa shape index (κ2) is 8.28. The lowest BCUT2D eigenvalue weighted by atomic mass is 10.0. The quantitative estimate of drug-likeness (QED) is 0.484. The van der Waals surface area contributed by atoms with Gasteiger partial charge in [-0.2, -0.15) is 0 Å². The number of thiocarbonyl (C=S) groups is 1. The molecule has 4 aromatic rings. The van der Waals surface area contributed by atoms with Crippen LogP contribution in [0.25, 0.3) is 5.82 Å². The minimum absolute atomic E-state index is 0.0475. The highest BCUT2D eigenvalue weighted by molar-refractivity contribution is 7.80. The summed E-state index contributed by atoms with van der Waals surface area (Å²) >= 11 is 5.79. The average molecular weight is 427 g/mol. The molecule has 154 valence electrons. The Morgan fingerprint density at radius 2 is 1.84 bits per heavy atom. The Labute approximate surface area is 186 Å². The molecule has 5 heterocycles. The molecular formula is C24H22N6S. The minimum Gasteiger partial charge on any atom is -0.352 e. The van der Waals surface area contributed by atoms with Crippen LogP contribution in [0.5, 0.6) is 0 Å². The third kappa shape index (κ3) is 3.80. The Balaban J connectivity index is 1.60. The normalized spacial score (nSPS) is 18.2. The molecule has 0 radical (unpaired) electrons. The van der Waals surface area contributed by atoms with Crippen LogP contribution in [-0.2, 0) is 6.54 Å². The van der Waals surface area contributed by atoms with Crippen molar-refractivity contribution in [2.45, 2.75) is 25.6 Å². The Hall–Kier alpha value is -3.58. The van der Waals surface area contributed by atoms with E-state index in [1.54, 1.807) is 0 Å². The summed E-state index contributed by atoms with van der Waals surface area (Å²) in [6, 6.07) is 18.2. The molecule has 0 spiro atoms. The van der Waals surface area contributed by atoms with Gasteiger partial charge in [-0.25, -0.2) is 4.98 Å². The van der Waals surface area contributed by atoms with Crippen molar-refractivity contribution in [1.29, 1.82) is 0 Å². The van der Waals surface area contributed by atoms with Crippen molar-refractivity contribution < 1.29 is 0 Å². The number of hydrogen-bond acceptors (Lipinski definition) is 4. The van der Waals surface area contributed by atoms with E-state index in [2.05, 4.69) is 54.1 Å². The lowest BCUT2D eigenvalue weighted by Gasteiger charge is -2.28. The summed E-state index contributed by atoms with van der Waals surface area (Å²) in [6.07, 6.45) is 9.39. The van der Waals surface area contributed by atoms with Gasteiger partial charge in [-0.1, -0.05) is 12.1 Å². The van der Waals surface area contributed by atoms with Crippen LogP contribution in [-0.4, -0.2) is 29.5 Å². The SMILES string of the molecule is Cc1ccc(-n2cccc2[C@H]2[C@@H](c3ccccn3)NC(=S)N2Cc2ccncc2)nc1. The van der Waals surface area contributed by atoms with E-state index >= 15 is 0 Å². The van der Waals surface area contributed by atoms with E-state index in [1.165, 1.54) is 0 Å².